The Morgan fingerprint density at radius 1 is 1.35 bits per heavy atom. The average Bonchev–Trinajstić information content (AvgIpc) is 2.45. The Kier molecular flexibility index (Phi) is 6.72. The van der Waals surface area contributed by atoms with Crippen molar-refractivity contribution in [3.8, 4) is 5.75 Å². The molecule has 7 heteroatoms. The molecule has 0 spiro atoms. The maximum Gasteiger partial charge on any atom is 0.315 e. The topological polar surface area (TPSA) is 90.7 Å². The van der Waals surface area contributed by atoms with Gasteiger partial charge in [-0.05, 0) is 12.1 Å². The minimum Gasteiger partial charge on any atom is -0.494 e. The number of esters is 1. The van der Waals surface area contributed by atoms with Gasteiger partial charge in [-0.2, -0.15) is 0 Å². The molecule has 0 fully saturated rings. The van der Waals surface area contributed by atoms with Crippen molar-refractivity contribution in [3.63, 3.8) is 0 Å². The number of carbonyl (C=O) groups excluding carboxylic acids is 2. The molecule has 1 amide bonds. The fourth-order valence-corrected chi connectivity index (χ4v) is 2.16. The highest BCUT2D eigenvalue weighted by Crippen LogP contribution is 2.26. The predicted octanol–water partition coefficient (Wildman–Crippen LogP) is 1.51. The minimum atomic E-state index is -0.296. The van der Waals surface area contributed by atoms with E-state index in [1.165, 1.54) is 26.0 Å². The van der Waals surface area contributed by atoms with Gasteiger partial charge >= 0.3 is 5.97 Å². The van der Waals surface area contributed by atoms with E-state index >= 15 is 0 Å². The summed E-state index contributed by atoms with van der Waals surface area (Å²) in [5, 5.41) is 2.74. The molecule has 0 unspecified atom stereocenters. The molecular formula is C13H18N2O4S. The number of carbonyl (C=O) groups is 2. The average molecular weight is 298 g/mol. The van der Waals surface area contributed by atoms with Gasteiger partial charge in [0.1, 0.15) is 5.75 Å². The lowest BCUT2D eigenvalue weighted by Crippen LogP contribution is -2.14. The number of nitrogen functional groups attached to an aromatic ring is 1. The number of rotatable bonds is 7. The molecule has 0 heterocycles. The van der Waals surface area contributed by atoms with Crippen molar-refractivity contribution < 1.29 is 19.1 Å². The van der Waals surface area contributed by atoms with E-state index in [0.29, 0.717) is 29.3 Å². The Morgan fingerprint density at radius 3 is 2.75 bits per heavy atom. The lowest BCUT2D eigenvalue weighted by atomic mass is 10.2. The summed E-state index contributed by atoms with van der Waals surface area (Å²) in [6.07, 6.45) is 0.301. The van der Waals surface area contributed by atoms with Gasteiger partial charge in [0.15, 0.2) is 0 Å². The molecule has 1 aromatic carbocycles. The third-order valence-corrected chi connectivity index (χ3v) is 3.35. The van der Waals surface area contributed by atoms with E-state index in [0.717, 1.165) is 0 Å². The first-order chi connectivity index (χ1) is 9.56. The fourth-order valence-electron chi connectivity index (χ4n) is 1.40. The van der Waals surface area contributed by atoms with Gasteiger partial charge in [0.2, 0.25) is 5.91 Å². The van der Waals surface area contributed by atoms with Gasteiger partial charge in [0.25, 0.3) is 0 Å². The molecule has 0 aliphatic carbocycles. The first kappa shape index (κ1) is 16.2. The smallest absolute Gasteiger partial charge is 0.315 e. The van der Waals surface area contributed by atoms with Crippen LogP contribution in [0.1, 0.15) is 6.42 Å². The van der Waals surface area contributed by atoms with Gasteiger partial charge in [0.05, 0.1) is 25.7 Å². The predicted molar refractivity (Wildman–Crippen MR) is 80.0 cm³/mol. The van der Waals surface area contributed by atoms with Crippen LogP contribution in [0.5, 0.6) is 5.75 Å². The van der Waals surface area contributed by atoms with Crippen molar-refractivity contribution in [1.82, 2.24) is 0 Å². The molecular weight excluding hydrogens is 280 g/mol. The van der Waals surface area contributed by atoms with Crippen LogP contribution in [0.2, 0.25) is 0 Å². The Labute approximate surface area is 122 Å². The van der Waals surface area contributed by atoms with E-state index in [4.69, 9.17) is 10.5 Å². The van der Waals surface area contributed by atoms with Crippen molar-refractivity contribution in [2.24, 2.45) is 0 Å². The number of thioether (sulfide) groups is 1. The van der Waals surface area contributed by atoms with E-state index < -0.39 is 0 Å². The summed E-state index contributed by atoms with van der Waals surface area (Å²) in [6.45, 7) is 0. The maximum absolute atomic E-state index is 11.8. The van der Waals surface area contributed by atoms with Crippen molar-refractivity contribution in [1.29, 1.82) is 0 Å². The Balaban J connectivity index is 2.41. The molecule has 0 aliphatic heterocycles. The molecule has 0 radical (unpaired) electrons. The van der Waals surface area contributed by atoms with Crippen LogP contribution in [0.25, 0.3) is 0 Å². The molecule has 3 N–H and O–H groups in total. The van der Waals surface area contributed by atoms with Crippen LogP contribution >= 0.6 is 11.8 Å². The van der Waals surface area contributed by atoms with E-state index in [9.17, 15) is 9.59 Å². The highest BCUT2D eigenvalue weighted by atomic mass is 32.2. The number of ether oxygens (including phenoxy) is 2. The summed E-state index contributed by atoms with van der Waals surface area (Å²) in [6, 6.07) is 5.01. The monoisotopic (exact) mass is 298 g/mol. The Bertz CT molecular complexity index is 479. The minimum absolute atomic E-state index is 0.148. The molecule has 110 valence electrons. The molecule has 20 heavy (non-hydrogen) atoms. The second-order valence-corrected chi connectivity index (χ2v) is 4.99. The summed E-state index contributed by atoms with van der Waals surface area (Å²) in [7, 11) is 2.85. The van der Waals surface area contributed by atoms with Crippen LogP contribution in [0.4, 0.5) is 11.4 Å². The third-order valence-electron chi connectivity index (χ3n) is 2.42. The van der Waals surface area contributed by atoms with Crippen molar-refractivity contribution >= 4 is 35.0 Å². The van der Waals surface area contributed by atoms with E-state index in [1.807, 2.05) is 0 Å². The Morgan fingerprint density at radius 2 is 2.10 bits per heavy atom. The number of benzene rings is 1. The van der Waals surface area contributed by atoms with Crippen LogP contribution in [-0.2, 0) is 14.3 Å². The zero-order valence-electron chi connectivity index (χ0n) is 11.5. The molecule has 1 aromatic rings. The van der Waals surface area contributed by atoms with Crippen LogP contribution in [-0.4, -0.2) is 37.6 Å². The zero-order chi connectivity index (χ0) is 15.0. The first-order valence-corrected chi connectivity index (χ1v) is 7.10. The largest absolute Gasteiger partial charge is 0.494 e. The number of nitrogens with one attached hydrogen (secondary N) is 1. The molecule has 0 saturated carbocycles. The van der Waals surface area contributed by atoms with Crippen molar-refractivity contribution in [2.75, 3.05) is 36.8 Å². The molecule has 0 saturated heterocycles. The van der Waals surface area contributed by atoms with E-state index in [2.05, 4.69) is 10.1 Å². The lowest BCUT2D eigenvalue weighted by Gasteiger charge is -2.10. The quantitative estimate of drug-likeness (QED) is 0.450. The normalized spacial score (nSPS) is 9.90. The fraction of sp³-hybridized carbons (Fsp3) is 0.385. The third kappa shape index (κ3) is 5.40. The summed E-state index contributed by atoms with van der Waals surface area (Å²) < 4.78 is 9.64. The molecule has 6 nitrogen and oxygen atoms in total. The molecule has 1 rings (SSSR count). The number of methoxy groups -OCH3 is 2. The zero-order valence-corrected chi connectivity index (χ0v) is 12.3. The van der Waals surface area contributed by atoms with Gasteiger partial charge in [0, 0.05) is 23.9 Å². The van der Waals surface area contributed by atoms with Crippen molar-refractivity contribution in [3.05, 3.63) is 18.2 Å². The maximum atomic E-state index is 11.8. The van der Waals surface area contributed by atoms with E-state index in [1.54, 1.807) is 18.2 Å². The number of anilines is 2. The summed E-state index contributed by atoms with van der Waals surface area (Å²) >= 11 is 1.35. The SMILES string of the molecule is COC(=O)CSCCC(=O)Nc1ccc(N)cc1OC. The highest BCUT2D eigenvalue weighted by Gasteiger charge is 2.08. The highest BCUT2D eigenvalue weighted by molar-refractivity contribution is 7.99. The van der Waals surface area contributed by atoms with E-state index in [-0.39, 0.29) is 17.6 Å². The Hall–Kier alpha value is -1.89. The van der Waals surface area contributed by atoms with Crippen LogP contribution in [0.3, 0.4) is 0 Å². The molecule has 0 atom stereocenters. The second-order valence-electron chi connectivity index (χ2n) is 3.89. The number of nitrogens with two attached hydrogens (primary N) is 1. The molecule has 0 aliphatic rings. The van der Waals surface area contributed by atoms with Crippen molar-refractivity contribution in [2.45, 2.75) is 6.42 Å². The lowest BCUT2D eigenvalue weighted by molar-refractivity contribution is -0.137. The van der Waals surface area contributed by atoms with Gasteiger partial charge in [-0.25, -0.2) is 0 Å². The van der Waals surface area contributed by atoms with Gasteiger partial charge in [-0.3, -0.25) is 9.59 Å². The first-order valence-electron chi connectivity index (χ1n) is 5.94. The summed E-state index contributed by atoms with van der Waals surface area (Å²) in [5.74, 6) is 0.856. The second kappa shape index (κ2) is 8.31. The van der Waals surface area contributed by atoms with Gasteiger partial charge < -0.3 is 20.5 Å². The van der Waals surface area contributed by atoms with Gasteiger partial charge in [-0.1, -0.05) is 0 Å². The van der Waals surface area contributed by atoms with Crippen LogP contribution in [0.15, 0.2) is 18.2 Å². The van der Waals surface area contributed by atoms with Gasteiger partial charge in [-0.15, -0.1) is 11.8 Å². The standard InChI is InChI=1S/C13H18N2O4S/c1-18-11-7-9(14)3-4-10(11)15-12(16)5-6-20-8-13(17)19-2/h3-4,7H,5-6,8,14H2,1-2H3,(H,15,16). The summed E-state index contributed by atoms with van der Waals surface area (Å²) in [4.78, 5) is 22.6. The number of amides is 1. The van der Waals surface area contributed by atoms with Crippen LogP contribution in [0, 0.1) is 0 Å². The molecule has 0 aromatic heterocycles. The molecule has 0 bridgehead atoms. The number of hydrogen-bond acceptors (Lipinski definition) is 6. The van der Waals surface area contributed by atoms with Crippen LogP contribution < -0.4 is 15.8 Å². The summed E-state index contributed by atoms with van der Waals surface area (Å²) in [5.41, 5.74) is 6.77. The number of hydrogen-bond donors (Lipinski definition) is 2.